The molecule has 0 radical (unpaired) electrons. The number of benzene rings is 3. The van der Waals surface area contributed by atoms with Gasteiger partial charge in [-0.25, -0.2) is 13.2 Å². The van der Waals surface area contributed by atoms with Crippen LogP contribution in [0.5, 0.6) is 0 Å². The number of amides is 3. The quantitative estimate of drug-likeness (QED) is 0.416. The molecule has 3 aromatic carbocycles. The van der Waals surface area contributed by atoms with Crippen molar-refractivity contribution < 1.29 is 18.0 Å². The van der Waals surface area contributed by atoms with Crippen molar-refractivity contribution in [3.05, 3.63) is 77.8 Å². The zero-order valence-corrected chi connectivity index (χ0v) is 21.5. The minimum atomic E-state index is -3.43. The van der Waals surface area contributed by atoms with Crippen molar-refractivity contribution in [3.8, 4) is 11.1 Å². The molecule has 1 aliphatic rings. The lowest BCUT2D eigenvalue weighted by Gasteiger charge is -2.39. The summed E-state index contributed by atoms with van der Waals surface area (Å²) in [5.41, 5.74) is 2.21. The van der Waals surface area contributed by atoms with Gasteiger partial charge in [0.2, 0.25) is 10.0 Å². The molecule has 1 fully saturated rings. The maximum Gasteiger partial charge on any atom is 0.320 e. The Morgan fingerprint density at radius 3 is 2.33 bits per heavy atom. The summed E-state index contributed by atoms with van der Waals surface area (Å²) in [5, 5.41) is 6.13. The Hall–Kier alpha value is -3.56. The second-order valence-corrected chi connectivity index (χ2v) is 11.1. The first kappa shape index (κ1) is 25.5. The number of anilines is 3. The van der Waals surface area contributed by atoms with Gasteiger partial charge in [0, 0.05) is 28.5 Å². The van der Waals surface area contributed by atoms with Crippen LogP contribution in [0, 0.1) is 0 Å². The van der Waals surface area contributed by atoms with Crippen LogP contribution in [0.25, 0.3) is 11.1 Å². The fraction of sp³-hybridized carbons (Fsp3) is 0.231. The second-order valence-electron chi connectivity index (χ2n) is 8.95. The van der Waals surface area contributed by atoms with E-state index in [1.165, 1.54) is 0 Å². The molecular weight excluding hydrogens is 500 g/mol. The molecule has 0 unspecified atom stereocenters. The molecule has 0 saturated carbocycles. The summed E-state index contributed by atoms with van der Waals surface area (Å²) in [6.07, 6.45) is 2.33. The van der Waals surface area contributed by atoms with Gasteiger partial charge in [-0.2, -0.15) is 0 Å². The van der Waals surface area contributed by atoms with Gasteiger partial charge >= 0.3 is 6.03 Å². The molecule has 3 aromatic rings. The van der Waals surface area contributed by atoms with Gasteiger partial charge in [0.25, 0.3) is 5.91 Å². The SMILES string of the molecule is C[C@]1(NC(=O)Nc2ccc(Cl)cc2)CCCN(c2ccc(-c3ccccc3NS(C)(=O)=O)cc2)C1=O. The average Bonchev–Trinajstić information content (AvgIpc) is 2.82. The van der Waals surface area contributed by atoms with Gasteiger partial charge in [-0.1, -0.05) is 41.9 Å². The normalized spacial score (nSPS) is 18.0. The van der Waals surface area contributed by atoms with E-state index >= 15 is 0 Å². The second kappa shape index (κ2) is 10.2. The van der Waals surface area contributed by atoms with Gasteiger partial charge < -0.3 is 15.5 Å². The van der Waals surface area contributed by atoms with Crippen molar-refractivity contribution in [3.63, 3.8) is 0 Å². The highest BCUT2D eigenvalue weighted by molar-refractivity contribution is 7.92. The van der Waals surface area contributed by atoms with E-state index in [1.54, 1.807) is 48.2 Å². The van der Waals surface area contributed by atoms with Gasteiger partial charge in [-0.15, -0.1) is 0 Å². The molecule has 188 valence electrons. The fourth-order valence-electron chi connectivity index (χ4n) is 4.25. The first-order valence-electron chi connectivity index (χ1n) is 11.4. The van der Waals surface area contributed by atoms with Crippen LogP contribution in [-0.4, -0.2) is 38.7 Å². The molecule has 3 amide bonds. The number of piperidine rings is 1. The first-order valence-corrected chi connectivity index (χ1v) is 13.6. The number of halogens is 1. The standard InChI is InChI=1S/C26H27ClN4O4S/c1-26(29-25(33)28-20-12-10-19(27)11-13-20)16-5-17-31(24(26)32)21-14-8-18(9-15-21)22-6-3-4-7-23(22)30-36(2,34)35/h3-4,6-15,30H,5,16-17H2,1-2H3,(H2,28,29,33)/t26-/m0/s1. The number of para-hydroxylation sites is 1. The Labute approximate surface area is 215 Å². The van der Waals surface area contributed by atoms with Crippen molar-refractivity contribution >= 4 is 50.6 Å². The summed E-state index contributed by atoms with van der Waals surface area (Å²) in [5.74, 6) is -0.202. The van der Waals surface area contributed by atoms with Crippen LogP contribution in [0.1, 0.15) is 19.8 Å². The number of hydrogen-bond donors (Lipinski definition) is 3. The molecule has 1 heterocycles. The van der Waals surface area contributed by atoms with E-state index in [4.69, 9.17) is 11.6 Å². The molecule has 0 spiro atoms. The smallest absolute Gasteiger partial charge is 0.320 e. The molecule has 0 aliphatic carbocycles. The lowest BCUT2D eigenvalue weighted by atomic mass is 9.89. The van der Waals surface area contributed by atoms with E-state index in [-0.39, 0.29) is 5.91 Å². The van der Waals surface area contributed by atoms with Gasteiger partial charge in [0.1, 0.15) is 5.54 Å². The molecule has 0 bridgehead atoms. The molecule has 1 aliphatic heterocycles. The topological polar surface area (TPSA) is 108 Å². The van der Waals surface area contributed by atoms with Crippen molar-refractivity contribution in [2.75, 3.05) is 27.7 Å². The predicted octanol–water partition coefficient (Wildman–Crippen LogP) is 5.09. The van der Waals surface area contributed by atoms with Crippen LogP contribution >= 0.6 is 11.6 Å². The summed E-state index contributed by atoms with van der Waals surface area (Å²) in [7, 11) is -3.43. The highest BCUT2D eigenvalue weighted by atomic mass is 35.5. The Kier molecular flexibility index (Phi) is 7.23. The van der Waals surface area contributed by atoms with E-state index in [1.807, 2.05) is 36.4 Å². The summed E-state index contributed by atoms with van der Waals surface area (Å²) >= 11 is 5.89. The number of nitrogens with one attached hydrogen (secondary N) is 3. The Morgan fingerprint density at radius 2 is 1.67 bits per heavy atom. The van der Waals surface area contributed by atoms with E-state index in [9.17, 15) is 18.0 Å². The molecule has 0 aromatic heterocycles. The fourth-order valence-corrected chi connectivity index (χ4v) is 4.95. The van der Waals surface area contributed by atoms with Gasteiger partial charge in [0.05, 0.1) is 11.9 Å². The van der Waals surface area contributed by atoms with Gasteiger partial charge in [0.15, 0.2) is 0 Å². The third-order valence-corrected chi connectivity index (χ3v) is 6.82. The predicted molar refractivity (Wildman–Crippen MR) is 144 cm³/mol. The number of sulfonamides is 1. The highest BCUT2D eigenvalue weighted by Crippen LogP contribution is 2.32. The highest BCUT2D eigenvalue weighted by Gasteiger charge is 2.41. The van der Waals surface area contributed by atoms with E-state index in [0.717, 1.165) is 17.4 Å². The average molecular weight is 527 g/mol. The molecule has 4 rings (SSSR count). The zero-order chi connectivity index (χ0) is 25.9. The van der Waals surface area contributed by atoms with E-state index < -0.39 is 21.6 Å². The molecule has 8 nitrogen and oxygen atoms in total. The van der Waals surface area contributed by atoms with Crippen LogP contribution in [0.2, 0.25) is 5.02 Å². The van der Waals surface area contributed by atoms with Gasteiger partial charge in [-0.3, -0.25) is 9.52 Å². The number of carbonyl (C=O) groups excluding carboxylic acids is 2. The van der Waals surface area contributed by atoms with Crippen LogP contribution in [0.4, 0.5) is 21.9 Å². The van der Waals surface area contributed by atoms with E-state index in [0.29, 0.717) is 41.5 Å². The van der Waals surface area contributed by atoms with Crippen molar-refractivity contribution in [1.82, 2.24) is 5.32 Å². The van der Waals surface area contributed by atoms with Crippen LogP contribution < -0.4 is 20.3 Å². The Morgan fingerprint density at radius 1 is 1.00 bits per heavy atom. The van der Waals surface area contributed by atoms with Crippen LogP contribution in [-0.2, 0) is 14.8 Å². The third-order valence-electron chi connectivity index (χ3n) is 5.98. The largest absolute Gasteiger partial charge is 0.324 e. The summed E-state index contributed by atoms with van der Waals surface area (Å²) in [6.45, 7) is 2.25. The first-order chi connectivity index (χ1) is 17.0. The Balaban J connectivity index is 1.50. The lowest BCUT2D eigenvalue weighted by Crippen LogP contribution is -2.61. The number of nitrogens with zero attached hydrogens (tertiary/aromatic N) is 1. The lowest BCUT2D eigenvalue weighted by molar-refractivity contribution is -0.125. The number of carbonyl (C=O) groups is 2. The molecule has 36 heavy (non-hydrogen) atoms. The molecule has 1 saturated heterocycles. The molecule has 3 N–H and O–H groups in total. The van der Waals surface area contributed by atoms with Crippen LogP contribution in [0.15, 0.2) is 72.8 Å². The molecule has 1 atom stereocenters. The Bertz CT molecular complexity index is 1380. The minimum absolute atomic E-state index is 0.202. The van der Waals surface area contributed by atoms with Gasteiger partial charge in [-0.05, 0) is 67.8 Å². The zero-order valence-electron chi connectivity index (χ0n) is 19.9. The summed E-state index contributed by atoms with van der Waals surface area (Å²) in [4.78, 5) is 27.7. The van der Waals surface area contributed by atoms with E-state index in [2.05, 4.69) is 15.4 Å². The maximum absolute atomic E-state index is 13.4. The minimum Gasteiger partial charge on any atom is -0.324 e. The van der Waals surface area contributed by atoms with Crippen LogP contribution in [0.3, 0.4) is 0 Å². The maximum atomic E-state index is 13.4. The van der Waals surface area contributed by atoms with Crippen molar-refractivity contribution in [2.45, 2.75) is 25.3 Å². The van der Waals surface area contributed by atoms with Crippen molar-refractivity contribution in [2.24, 2.45) is 0 Å². The third kappa shape index (κ3) is 5.98. The number of hydrogen-bond acceptors (Lipinski definition) is 4. The summed E-state index contributed by atoms with van der Waals surface area (Å²) in [6, 6.07) is 20.7. The molecule has 10 heteroatoms. The number of urea groups is 1. The summed E-state index contributed by atoms with van der Waals surface area (Å²) < 4.78 is 26.0. The monoisotopic (exact) mass is 526 g/mol. The van der Waals surface area contributed by atoms with Crippen molar-refractivity contribution in [1.29, 1.82) is 0 Å². The molecular formula is C26H27ClN4O4S. The number of rotatable bonds is 6.